The highest BCUT2D eigenvalue weighted by Crippen LogP contribution is 2.53. The van der Waals surface area contributed by atoms with E-state index in [9.17, 15) is 0 Å². The molecule has 1 fully saturated rings. The Labute approximate surface area is 90.3 Å². The van der Waals surface area contributed by atoms with E-state index in [2.05, 4.69) is 31.2 Å². The molecule has 1 nitrogen and oxygen atoms in total. The highest BCUT2D eigenvalue weighted by Gasteiger charge is 2.53. The van der Waals surface area contributed by atoms with Gasteiger partial charge in [0.15, 0.2) is 0 Å². The minimum atomic E-state index is 0.190. The molecule has 1 saturated carbocycles. The molecule has 2 atom stereocenters. The van der Waals surface area contributed by atoms with E-state index in [1.165, 1.54) is 11.1 Å². The largest absolute Gasteiger partial charge is 0.330 e. The molecule has 1 aliphatic carbocycles. The Balaban J connectivity index is 2.26. The first-order valence-electron chi connectivity index (χ1n) is 5.06. The minimum absolute atomic E-state index is 0.190. The monoisotopic (exact) mass is 209 g/mol. The Kier molecular flexibility index (Phi) is 2.54. The van der Waals surface area contributed by atoms with Crippen LogP contribution in [0.25, 0.3) is 0 Å². The van der Waals surface area contributed by atoms with Crippen molar-refractivity contribution in [2.75, 3.05) is 12.4 Å². The van der Waals surface area contributed by atoms with Gasteiger partial charge in [0.1, 0.15) is 0 Å². The van der Waals surface area contributed by atoms with Crippen molar-refractivity contribution in [2.24, 2.45) is 11.7 Å². The van der Waals surface area contributed by atoms with E-state index < -0.39 is 0 Å². The average molecular weight is 210 g/mol. The number of nitrogens with two attached hydrogens (primary N) is 1. The topological polar surface area (TPSA) is 26.0 Å². The summed E-state index contributed by atoms with van der Waals surface area (Å²) in [5, 5.41) is 0. The lowest BCUT2D eigenvalue weighted by Gasteiger charge is -2.15. The second kappa shape index (κ2) is 3.56. The quantitative estimate of drug-likeness (QED) is 0.761. The summed E-state index contributed by atoms with van der Waals surface area (Å²) in [7, 11) is 0. The van der Waals surface area contributed by atoms with Gasteiger partial charge in [-0.2, -0.15) is 0 Å². The molecule has 0 saturated heterocycles. The van der Waals surface area contributed by atoms with Gasteiger partial charge in [0, 0.05) is 17.8 Å². The molecule has 0 spiro atoms. The minimum Gasteiger partial charge on any atom is -0.330 e. The van der Waals surface area contributed by atoms with Gasteiger partial charge in [-0.05, 0) is 24.8 Å². The third-order valence-corrected chi connectivity index (χ3v) is 3.78. The molecule has 0 amide bonds. The van der Waals surface area contributed by atoms with Crippen LogP contribution in [-0.4, -0.2) is 12.4 Å². The molecule has 0 heterocycles. The molecule has 0 unspecified atom stereocenters. The first kappa shape index (κ1) is 10.0. The molecule has 76 valence electrons. The zero-order chi connectivity index (χ0) is 10.2. The maximum absolute atomic E-state index is 5.89. The molecule has 0 bridgehead atoms. The van der Waals surface area contributed by atoms with Gasteiger partial charge in [-0.15, -0.1) is 11.6 Å². The average Bonchev–Trinajstić information content (AvgIpc) is 2.94. The fourth-order valence-electron chi connectivity index (χ4n) is 2.19. The van der Waals surface area contributed by atoms with Crippen LogP contribution >= 0.6 is 11.6 Å². The highest BCUT2D eigenvalue weighted by molar-refractivity contribution is 6.18. The number of rotatable bonds is 3. The molecular weight excluding hydrogens is 194 g/mol. The van der Waals surface area contributed by atoms with Crippen LogP contribution in [0.15, 0.2) is 24.3 Å². The van der Waals surface area contributed by atoms with E-state index in [0.717, 1.165) is 12.3 Å². The molecule has 0 radical (unpaired) electrons. The van der Waals surface area contributed by atoms with E-state index in [4.69, 9.17) is 17.3 Å². The fraction of sp³-hybridized carbons (Fsp3) is 0.500. The third-order valence-electron chi connectivity index (χ3n) is 3.41. The first-order valence-corrected chi connectivity index (χ1v) is 5.59. The Morgan fingerprint density at radius 3 is 2.50 bits per heavy atom. The summed E-state index contributed by atoms with van der Waals surface area (Å²) >= 11 is 5.89. The van der Waals surface area contributed by atoms with Crippen LogP contribution in [0, 0.1) is 12.8 Å². The SMILES string of the molecule is Cc1ccc([C@]2(CN)C[C@@H]2CCl)cc1. The van der Waals surface area contributed by atoms with Gasteiger partial charge in [-0.25, -0.2) is 0 Å². The summed E-state index contributed by atoms with van der Waals surface area (Å²) in [5.74, 6) is 1.31. The molecule has 2 N–H and O–H groups in total. The van der Waals surface area contributed by atoms with Crippen molar-refractivity contribution in [3.8, 4) is 0 Å². The van der Waals surface area contributed by atoms with Gasteiger partial charge in [0.05, 0.1) is 0 Å². The standard InChI is InChI=1S/C12H16ClN/c1-9-2-4-10(5-3-9)12(8-14)6-11(12)7-13/h2-5,11H,6-8,14H2,1H3/t11-,12-/m1/s1. The van der Waals surface area contributed by atoms with Crippen molar-refractivity contribution >= 4 is 11.6 Å². The molecule has 2 rings (SSSR count). The van der Waals surface area contributed by atoms with Crippen molar-refractivity contribution < 1.29 is 0 Å². The highest BCUT2D eigenvalue weighted by atomic mass is 35.5. The van der Waals surface area contributed by atoms with Crippen LogP contribution < -0.4 is 5.73 Å². The molecular formula is C12H16ClN. The van der Waals surface area contributed by atoms with Gasteiger partial charge in [-0.3, -0.25) is 0 Å². The van der Waals surface area contributed by atoms with Crippen LogP contribution in [0.4, 0.5) is 0 Å². The molecule has 2 heteroatoms. The molecule has 1 aliphatic rings. The number of alkyl halides is 1. The number of hydrogen-bond acceptors (Lipinski definition) is 1. The lowest BCUT2D eigenvalue weighted by molar-refractivity contribution is 0.644. The van der Waals surface area contributed by atoms with Crippen molar-refractivity contribution in [2.45, 2.75) is 18.8 Å². The van der Waals surface area contributed by atoms with E-state index in [1.54, 1.807) is 0 Å². The lowest BCUT2D eigenvalue weighted by atomic mass is 9.93. The Hall–Kier alpha value is -0.530. The fourth-order valence-corrected chi connectivity index (χ4v) is 2.59. The zero-order valence-corrected chi connectivity index (χ0v) is 9.22. The van der Waals surface area contributed by atoms with Crippen LogP contribution in [0.3, 0.4) is 0 Å². The molecule has 1 aromatic rings. The smallest absolute Gasteiger partial charge is 0.0261 e. The summed E-state index contributed by atoms with van der Waals surface area (Å²) in [6, 6.07) is 8.68. The van der Waals surface area contributed by atoms with Gasteiger partial charge in [-0.1, -0.05) is 29.8 Å². The number of benzene rings is 1. The van der Waals surface area contributed by atoms with Crippen LogP contribution in [-0.2, 0) is 5.41 Å². The summed E-state index contributed by atoms with van der Waals surface area (Å²) in [4.78, 5) is 0. The van der Waals surface area contributed by atoms with E-state index in [0.29, 0.717) is 12.5 Å². The summed E-state index contributed by atoms with van der Waals surface area (Å²) in [6.07, 6.45) is 1.15. The Morgan fingerprint density at radius 1 is 1.43 bits per heavy atom. The number of halogens is 1. The van der Waals surface area contributed by atoms with Gasteiger partial charge >= 0.3 is 0 Å². The number of aryl methyl sites for hydroxylation is 1. The predicted molar refractivity (Wildman–Crippen MR) is 60.7 cm³/mol. The van der Waals surface area contributed by atoms with E-state index >= 15 is 0 Å². The summed E-state index contributed by atoms with van der Waals surface area (Å²) in [6.45, 7) is 2.82. The van der Waals surface area contributed by atoms with Crippen molar-refractivity contribution in [3.05, 3.63) is 35.4 Å². The summed E-state index contributed by atoms with van der Waals surface area (Å²) < 4.78 is 0. The zero-order valence-electron chi connectivity index (χ0n) is 8.46. The lowest BCUT2D eigenvalue weighted by Crippen LogP contribution is -2.22. The van der Waals surface area contributed by atoms with Crippen molar-refractivity contribution in [1.82, 2.24) is 0 Å². The van der Waals surface area contributed by atoms with E-state index in [1.807, 2.05) is 0 Å². The summed E-state index contributed by atoms with van der Waals surface area (Å²) in [5.41, 5.74) is 8.69. The van der Waals surface area contributed by atoms with Crippen LogP contribution in [0.1, 0.15) is 17.5 Å². The molecule has 14 heavy (non-hydrogen) atoms. The number of hydrogen-bond donors (Lipinski definition) is 1. The molecule has 1 aromatic carbocycles. The Bertz CT molecular complexity index is 320. The maximum atomic E-state index is 5.89. The molecule has 0 aromatic heterocycles. The van der Waals surface area contributed by atoms with Gasteiger partial charge < -0.3 is 5.73 Å². The second-order valence-corrected chi connectivity index (χ2v) is 4.59. The van der Waals surface area contributed by atoms with Crippen LogP contribution in [0.5, 0.6) is 0 Å². The van der Waals surface area contributed by atoms with E-state index in [-0.39, 0.29) is 5.41 Å². The predicted octanol–water partition coefficient (Wildman–Crippen LogP) is 2.45. The molecule has 0 aliphatic heterocycles. The second-order valence-electron chi connectivity index (χ2n) is 4.28. The van der Waals surface area contributed by atoms with Gasteiger partial charge in [0.25, 0.3) is 0 Å². The normalized spacial score (nSPS) is 30.4. The van der Waals surface area contributed by atoms with Crippen LogP contribution in [0.2, 0.25) is 0 Å². The third kappa shape index (κ3) is 1.45. The Morgan fingerprint density at radius 2 is 2.07 bits per heavy atom. The van der Waals surface area contributed by atoms with Crippen molar-refractivity contribution in [1.29, 1.82) is 0 Å². The van der Waals surface area contributed by atoms with Crippen molar-refractivity contribution in [3.63, 3.8) is 0 Å². The maximum Gasteiger partial charge on any atom is 0.0261 e. The first-order chi connectivity index (χ1) is 6.73. The van der Waals surface area contributed by atoms with Gasteiger partial charge in [0.2, 0.25) is 0 Å².